The van der Waals surface area contributed by atoms with Crippen LogP contribution in [0.4, 0.5) is 0 Å². The lowest BCUT2D eigenvalue weighted by Crippen LogP contribution is -2.20. The van der Waals surface area contributed by atoms with E-state index in [1.807, 2.05) is 18.2 Å². The van der Waals surface area contributed by atoms with Crippen molar-refractivity contribution in [1.82, 2.24) is 9.55 Å². The first kappa shape index (κ1) is 16.5. The molecule has 0 aliphatic heterocycles. The number of sulfone groups is 1. The van der Waals surface area contributed by atoms with E-state index in [0.29, 0.717) is 6.42 Å². The van der Waals surface area contributed by atoms with Crippen molar-refractivity contribution in [2.45, 2.75) is 32.4 Å². The monoisotopic (exact) mass is 373 g/mol. The fraction of sp³-hybridized carbons (Fsp3) is 0.500. The largest absolute Gasteiger partial charge is 0.327 e. The Morgan fingerprint density at radius 3 is 2.76 bits per heavy atom. The van der Waals surface area contributed by atoms with Crippen molar-refractivity contribution in [3.8, 4) is 0 Å². The summed E-state index contributed by atoms with van der Waals surface area (Å²) in [5.41, 5.74) is 8.09. The molecule has 0 bridgehead atoms. The lowest BCUT2D eigenvalue weighted by atomic mass is 10.2. The van der Waals surface area contributed by atoms with Gasteiger partial charge in [0.1, 0.15) is 15.7 Å². The van der Waals surface area contributed by atoms with Crippen molar-refractivity contribution in [2.75, 3.05) is 12.0 Å². The maximum Gasteiger partial charge on any atom is 0.147 e. The molecule has 0 aliphatic carbocycles. The van der Waals surface area contributed by atoms with Crippen LogP contribution in [0.15, 0.2) is 22.7 Å². The maximum absolute atomic E-state index is 11.3. The zero-order chi connectivity index (χ0) is 15.6. The fourth-order valence-electron chi connectivity index (χ4n) is 2.33. The van der Waals surface area contributed by atoms with Crippen LogP contribution in [-0.4, -0.2) is 30.0 Å². The lowest BCUT2D eigenvalue weighted by molar-refractivity contribution is 0.563. The standard InChI is InChI=1S/C14H20BrN3O2S/c1-3-7-18-13-5-4-10(15)9-12(13)17-14(18)11(16)6-8-21(2,19)20/h4-5,9,11H,3,6-8,16H2,1-2H3. The van der Waals surface area contributed by atoms with Gasteiger partial charge in [-0.2, -0.15) is 0 Å². The van der Waals surface area contributed by atoms with Crippen LogP contribution in [0.5, 0.6) is 0 Å². The second kappa shape index (κ2) is 6.46. The Bertz CT molecular complexity index is 740. The maximum atomic E-state index is 11.3. The molecule has 21 heavy (non-hydrogen) atoms. The predicted molar refractivity (Wildman–Crippen MR) is 89.0 cm³/mol. The molecule has 1 unspecified atom stereocenters. The second-order valence-electron chi connectivity index (χ2n) is 5.28. The van der Waals surface area contributed by atoms with E-state index < -0.39 is 9.84 Å². The number of hydrogen-bond donors (Lipinski definition) is 1. The Morgan fingerprint density at radius 1 is 1.43 bits per heavy atom. The molecule has 116 valence electrons. The molecule has 0 aliphatic rings. The van der Waals surface area contributed by atoms with Gasteiger partial charge in [0, 0.05) is 17.3 Å². The molecule has 0 fully saturated rings. The van der Waals surface area contributed by atoms with Crippen LogP contribution in [0.2, 0.25) is 0 Å². The summed E-state index contributed by atoms with van der Waals surface area (Å²) in [6.07, 6.45) is 2.58. The summed E-state index contributed by atoms with van der Waals surface area (Å²) < 4.78 is 25.7. The average Bonchev–Trinajstić information content (AvgIpc) is 2.74. The molecule has 2 aromatic rings. The summed E-state index contributed by atoms with van der Waals surface area (Å²) in [4.78, 5) is 4.61. The summed E-state index contributed by atoms with van der Waals surface area (Å²) in [7, 11) is -3.01. The van der Waals surface area contributed by atoms with Crippen molar-refractivity contribution in [2.24, 2.45) is 5.73 Å². The number of fused-ring (bicyclic) bond motifs is 1. The third kappa shape index (κ3) is 4.05. The van der Waals surface area contributed by atoms with Gasteiger partial charge in [-0.25, -0.2) is 13.4 Å². The fourth-order valence-corrected chi connectivity index (χ4v) is 3.36. The third-order valence-corrected chi connectivity index (χ3v) is 4.79. The number of nitrogens with two attached hydrogens (primary N) is 1. The van der Waals surface area contributed by atoms with E-state index >= 15 is 0 Å². The van der Waals surface area contributed by atoms with E-state index in [9.17, 15) is 8.42 Å². The van der Waals surface area contributed by atoms with Crippen LogP contribution in [0, 0.1) is 0 Å². The van der Waals surface area contributed by atoms with Crippen LogP contribution >= 0.6 is 15.9 Å². The number of imidazole rings is 1. The quantitative estimate of drug-likeness (QED) is 0.843. The summed E-state index contributed by atoms with van der Waals surface area (Å²) in [5, 5.41) is 0. The number of benzene rings is 1. The van der Waals surface area contributed by atoms with Crippen molar-refractivity contribution in [3.05, 3.63) is 28.5 Å². The topological polar surface area (TPSA) is 78.0 Å². The van der Waals surface area contributed by atoms with Crippen LogP contribution in [0.25, 0.3) is 11.0 Å². The number of halogens is 1. The van der Waals surface area contributed by atoms with Crippen LogP contribution in [0.3, 0.4) is 0 Å². The highest BCUT2D eigenvalue weighted by Gasteiger charge is 2.18. The van der Waals surface area contributed by atoms with Crippen molar-refractivity contribution in [1.29, 1.82) is 0 Å². The van der Waals surface area contributed by atoms with Gasteiger partial charge in [0.15, 0.2) is 0 Å². The smallest absolute Gasteiger partial charge is 0.147 e. The van der Waals surface area contributed by atoms with Crippen LogP contribution in [-0.2, 0) is 16.4 Å². The second-order valence-corrected chi connectivity index (χ2v) is 8.46. The third-order valence-electron chi connectivity index (χ3n) is 3.32. The molecule has 1 aromatic heterocycles. The Kier molecular flexibility index (Phi) is 5.06. The minimum atomic E-state index is -3.01. The van der Waals surface area contributed by atoms with Gasteiger partial charge in [-0.1, -0.05) is 22.9 Å². The molecule has 1 aromatic carbocycles. The van der Waals surface area contributed by atoms with E-state index in [4.69, 9.17) is 5.73 Å². The molecule has 5 nitrogen and oxygen atoms in total. The van der Waals surface area contributed by atoms with Crippen molar-refractivity contribution < 1.29 is 8.42 Å². The Morgan fingerprint density at radius 2 is 2.14 bits per heavy atom. The number of rotatable bonds is 6. The van der Waals surface area contributed by atoms with Gasteiger partial charge in [-0.15, -0.1) is 0 Å². The minimum absolute atomic E-state index is 0.0766. The molecule has 1 heterocycles. The average molecular weight is 374 g/mol. The van der Waals surface area contributed by atoms with Gasteiger partial charge in [-0.05, 0) is 31.0 Å². The Labute approximate surface area is 133 Å². The van der Waals surface area contributed by atoms with Crippen molar-refractivity contribution in [3.63, 3.8) is 0 Å². The summed E-state index contributed by atoms with van der Waals surface area (Å²) in [6.45, 7) is 2.91. The van der Waals surface area contributed by atoms with Gasteiger partial charge in [0.25, 0.3) is 0 Å². The highest BCUT2D eigenvalue weighted by Crippen LogP contribution is 2.25. The molecule has 7 heteroatoms. The van der Waals surface area contributed by atoms with E-state index in [0.717, 1.165) is 34.3 Å². The van der Waals surface area contributed by atoms with Gasteiger partial charge in [-0.3, -0.25) is 0 Å². The number of aromatic nitrogens is 2. The zero-order valence-electron chi connectivity index (χ0n) is 12.2. The molecular weight excluding hydrogens is 354 g/mol. The molecule has 0 spiro atoms. The molecule has 2 rings (SSSR count). The molecule has 2 N–H and O–H groups in total. The molecule has 0 saturated heterocycles. The molecule has 1 atom stereocenters. The first-order valence-electron chi connectivity index (χ1n) is 6.91. The van der Waals surface area contributed by atoms with Crippen LogP contribution < -0.4 is 5.73 Å². The van der Waals surface area contributed by atoms with Crippen molar-refractivity contribution >= 4 is 36.8 Å². The van der Waals surface area contributed by atoms with Gasteiger partial charge in [0.05, 0.1) is 22.8 Å². The van der Waals surface area contributed by atoms with Gasteiger partial charge >= 0.3 is 0 Å². The van der Waals surface area contributed by atoms with E-state index in [1.165, 1.54) is 6.26 Å². The molecule has 0 radical (unpaired) electrons. The summed E-state index contributed by atoms with van der Waals surface area (Å²) >= 11 is 3.44. The summed E-state index contributed by atoms with van der Waals surface area (Å²) in [6, 6.07) is 5.56. The number of aryl methyl sites for hydroxylation is 1. The first-order chi connectivity index (χ1) is 9.81. The Balaban J connectivity index is 2.39. The number of nitrogens with zero attached hydrogens (tertiary/aromatic N) is 2. The molecule has 0 amide bonds. The van der Waals surface area contributed by atoms with Gasteiger partial charge in [0.2, 0.25) is 0 Å². The predicted octanol–water partition coefficient (Wildman–Crippen LogP) is 2.64. The molecule has 0 saturated carbocycles. The first-order valence-corrected chi connectivity index (χ1v) is 9.76. The van der Waals surface area contributed by atoms with Crippen LogP contribution in [0.1, 0.15) is 31.6 Å². The SMILES string of the molecule is CCCn1c(C(N)CCS(C)(=O)=O)nc2cc(Br)ccc21. The van der Waals surface area contributed by atoms with E-state index in [-0.39, 0.29) is 11.8 Å². The molecular formula is C14H20BrN3O2S. The highest BCUT2D eigenvalue weighted by atomic mass is 79.9. The minimum Gasteiger partial charge on any atom is -0.327 e. The van der Waals surface area contributed by atoms with Gasteiger partial charge < -0.3 is 10.3 Å². The number of hydrogen-bond acceptors (Lipinski definition) is 4. The lowest BCUT2D eigenvalue weighted by Gasteiger charge is -2.13. The normalized spacial score (nSPS) is 13.7. The zero-order valence-corrected chi connectivity index (χ0v) is 14.6. The highest BCUT2D eigenvalue weighted by molar-refractivity contribution is 9.10. The van der Waals surface area contributed by atoms with E-state index in [2.05, 4.69) is 32.4 Å². The summed E-state index contributed by atoms with van der Waals surface area (Å²) in [5.74, 6) is 0.835. The Hall–Kier alpha value is -0.920. The van der Waals surface area contributed by atoms with E-state index in [1.54, 1.807) is 0 Å².